The van der Waals surface area contributed by atoms with E-state index in [0.29, 0.717) is 0 Å². The molecule has 0 bridgehead atoms. The van der Waals surface area contributed by atoms with Crippen molar-refractivity contribution in [3.05, 3.63) is 52.5 Å². The van der Waals surface area contributed by atoms with Crippen LogP contribution >= 0.6 is 58.4 Å². The van der Waals surface area contributed by atoms with E-state index in [9.17, 15) is 0 Å². The van der Waals surface area contributed by atoms with Gasteiger partial charge in [0.15, 0.2) is 8.29 Å². The van der Waals surface area contributed by atoms with E-state index in [0.717, 1.165) is 24.4 Å². The molecule has 8 heteroatoms. The fourth-order valence-corrected chi connectivity index (χ4v) is 5.68. The van der Waals surface area contributed by atoms with Crippen molar-refractivity contribution >= 4 is 78.8 Å². The molecule has 120 valence electrons. The Morgan fingerprint density at radius 2 is 1.83 bits per heavy atom. The predicted octanol–water partition coefficient (Wildman–Crippen LogP) is 6.52. The lowest BCUT2D eigenvalue weighted by atomic mass is 10.3. The zero-order chi connectivity index (χ0) is 16.8. The van der Waals surface area contributed by atoms with E-state index in [1.807, 2.05) is 41.8 Å². The first-order valence-electron chi connectivity index (χ1n) is 6.83. The Morgan fingerprint density at radius 3 is 2.58 bits per heavy atom. The van der Waals surface area contributed by atoms with E-state index in [4.69, 9.17) is 17.5 Å². The van der Waals surface area contributed by atoms with Gasteiger partial charge in [0.2, 0.25) is 0 Å². The summed E-state index contributed by atoms with van der Waals surface area (Å²) in [5.74, 6) is 0. The van der Waals surface area contributed by atoms with Crippen molar-refractivity contribution in [2.45, 2.75) is 4.34 Å². The average molecular weight is 406 g/mol. The molecule has 2 aromatic carbocycles. The highest BCUT2D eigenvalue weighted by Gasteiger charge is 2.02. The number of nitrogens with one attached hydrogen (secondary N) is 1. The van der Waals surface area contributed by atoms with Crippen molar-refractivity contribution in [1.29, 1.82) is 5.26 Å². The summed E-state index contributed by atoms with van der Waals surface area (Å²) in [5, 5.41) is 11.2. The second-order valence-electron chi connectivity index (χ2n) is 4.46. The molecular weight excluding hydrogens is 395 g/mol. The smallest absolute Gasteiger partial charge is 0.159 e. The van der Waals surface area contributed by atoms with Crippen molar-refractivity contribution < 1.29 is 0 Å². The first-order valence-corrected chi connectivity index (χ1v) is 10.8. The van der Waals surface area contributed by atoms with E-state index >= 15 is 0 Å². The summed E-state index contributed by atoms with van der Waals surface area (Å²) in [4.78, 5) is 7.54. The minimum atomic E-state index is 0.746. The summed E-state index contributed by atoms with van der Waals surface area (Å²) in [6.45, 7) is 0. The number of hydrogen-bond acceptors (Lipinski definition) is 7. The number of H-pyrrole nitrogens is 1. The topological polar surface area (TPSA) is 52.5 Å². The van der Waals surface area contributed by atoms with Crippen LogP contribution in [-0.4, -0.2) is 15.1 Å². The van der Waals surface area contributed by atoms with E-state index in [1.54, 1.807) is 34.4 Å². The van der Waals surface area contributed by atoms with Gasteiger partial charge in [-0.05, 0) is 48.2 Å². The number of para-hydroxylation sites is 2. The monoisotopic (exact) mass is 405 g/mol. The highest BCUT2D eigenvalue weighted by atomic mass is 32.2. The molecule has 0 atom stereocenters. The van der Waals surface area contributed by atoms with Gasteiger partial charge in [0.25, 0.3) is 0 Å². The van der Waals surface area contributed by atoms with Gasteiger partial charge in [-0.25, -0.2) is 4.98 Å². The van der Waals surface area contributed by atoms with Gasteiger partial charge >= 0.3 is 0 Å². The van der Waals surface area contributed by atoms with Gasteiger partial charge in [-0.1, -0.05) is 36.0 Å². The summed E-state index contributed by atoms with van der Waals surface area (Å²) in [5.41, 5.74) is 2.18. The number of hydrogen-bond donors (Lipinski definition) is 1. The van der Waals surface area contributed by atoms with Crippen LogP contribution in [-0.2, 0) is 0 Å². The molecule has 0 saturated heterocycles. The molecule has 0 saturated carbocycles. The maximum atomic E-state index is 8.37. The zero-order valence-electron chi connectivity index (χ0n) is 12.3. The van der Waals surface area contributed by atoms with Crippen molar-refractivity contribution in [1.82, 2.24) is 9.97 Å². The Hall–Kier alpha value is -1.37. The van der Waals surface area contributed by atoms with Crippen LogP contribution in [0.15, 0.2) is 52.9 Å². The molecule has 0 spiro atoms. The first-order chi connectivity index (χ1) is 11.8. The van der Waals surface area contributed by atoms with E-state index in [1.165, 1.54) is 21.2 Å². The number of rotatable bonds is 3. The highest BCUT2D eigenvalue weighted by Crippen LogP contribution is 2.30. The van der Waals surface area contributed by atoms with Crippen molar-refractivity contribution in [2.24, 2.45) is 0 Å². The molecule has 0 aliphatic rings. The van der Waals surface area contributed by atoms with Gasteiger partial charge in [0, 0.05) is 0 Å². The second kappa shape index (κ2) is 8.65. The Kier molecular flexibility index (Phi) is 6.29. The Bertz CT molecular complexity index is 972. The number of thiazole rings is 2. The van der Waals surface area contributed by atoms with Crippen molar-refractivity contribution in [3.8, 4) is 5.40 Å². The number of nitriles is 1. The number of aromatic nitrogens is 2. The SMILES string of the molecule is N#CSCSc1nc2ccccc2s1.S=c1[nH]c2ccccc2s1. The number of nitrogens with zero attached hydrogens (tertiary/aromatic N) is 2. The van der Waals surface area contributed by atoms with Crippen molar-refractivity contribution in [2.75, 3.05) is 5.08 Å². The number of thioether (sulfide) groups is 2. The number of fused-ring (bicyclic) bond motifs is 2. The third kappa shape index (κ3) is 4.59. The lowest BCUT2D eigenvalue weighted by molar-refractivity contribution is 1.31. The minimum absolute atomic E-state index is 0.746. The molecule has 1 N–H and O–H groups in total. The summed E-state index contributed by atoms with van der Waals surface area (Å²) < 4.78 is 4.32. The number of thiocyanates is 1. The molecule has 0 aliphatic heterocycles. The summed E-state index contributed by atoms with van der Waals surface area (Å²) >= 11 is 11.1. The summed E-state index contributed by atoms with van der Waals surface area (Å²) in [6, 6.07) is 16.2. The largest absolute Gasteiger partial charge is 0.337 e. The zero-order valence-corrected chi connectivity index (χ0v) is 16.3. The molecule has 24 heavy (non-hydrogen) atoms. The van der Waals surface area contributed by atoms with Crippen LogP contribution in [0.2, 0.25) is 0 Å². The van der Waals surface area contributed by atoms with Crippen LogP contribution in [0.3, 0.4) is 0 Å². The molecule has 0 amide bonds. The maximum Gasteiger partial charge on any atom is 0.159 e. The number of aromatic amines is 1. The molecule has 0 fully saturated rings. The third-order valence-electron chi connectivity index (χ3n) is 2.91. The van der Waals surface area contributed by atoms with Crippen LogP contribution in [0.4, 0.5) is 0 Å². The lowest BCUT2D eigenvalue weighted by Crippen LogP contribution is -1.69. The average Bonchev–Trinajstić information content (AvgIpc) is 3.17. The van der Waals surface area contributed by atoms with Crippen LogP contribution < -0.4 is 0 Å². The fraction of sp³-hybridized carbons (Fsp3) is 0.0625. The van der Waals surface area contributed by atoms with E-state index in [-0.39, 0.29) is 0 Å². The summed E-state index contributed by atoms with van der Waals surface area (Å²) in [7, 11) is 0. The summed E-state index contributed by atoms with van der Waals surface area (Å²) in [6.07, 6.45) is 0. The molecule has 0 radical (unpaired) electrons. The second-order valence-corrected chi connectivity index (χ2v) is 9.55. The predicted molar refractivity (Wildman–Crippen MR) is 111 cm³/mol. The van der Waals surface area contributed by atoms with Crippen LogP contribution in [0, 0.1) is 14.6 Å². The molecule has 0 unspecified atom stereocenters. The quantitative estimate of drug-likeness (QED) is 0.138. The van der Waals surface area contributed by atoms with Gasteiger partial charge in [0.1, 0.15) is 5.40 Å². The van der Waals surface area contributed by atoms with E-state index in [2.05, 4.69) is 22.1 Å². The molecule has 0 aliphatic carbocycles. The molecule has 4 rings (SSSR count). The minimum Gasteiger partial charge on any atom is -0.337 e. The van der Waals surface area contributed by atoms with Gasteiger partial charge < -0.3 is 4.98 Å². The van der Waals surface area contributed by atoms with Crippen LogP contribution in [0.25, 0.3) is 20.4 Å². The normalized spacial score (nSPS) is 10.3. The Morgan fingerprint density at radius 1 is 1.08 bits per heavy atom. The maximum absolute atomic E-state index is 8.37. The number of benzene rings is 2. The Balaban J connectivity index is 0.000000149. The third-order valence-corrected chi connectivity index (χ3v) is 6.97. The molecule has 2 heterocycles. The Labute approximate surface area is 160 Å². The first kappa shape index (κ1) is 17.5. The molecule has 3 nitrogen and oxygen atoms in total. The van der Waals surface area contributed by atoms with Gasteiger partial charge in [-0.15, -0.1) is 22.7 Å². The standard InChI is InChI=1S/C9H6N2S3.C7H5NS2/c10-5-12-6-13-9-11-7-3-1-2-4-8(7)14-9;9-7-8-5-3-1-2-4-6(5)10-7/h1-4H,6H2;1-4H,(H,8,9). The fourth-order valence-electron chi connectivity index (χ4n) is 1.91. The lowest BCUT2D eigenvalue weighted by Gasteiger charge is -1.87. The van der Waals surface area contributed by atoms with Gasteiger partial charge in [-0.2, -0.15) is 5.26 Å². The highest BCUT2D eigenvalue weighted by molar-refractivity contribution is 8.18. The molecule has 4 aromatic rings. The van der Waals surface area contributed by atoms with E-state index < -0.39 is 0 Å². The molecular formula is C16H11N3S5. The van der Waals surface area contributed by atoms with Crippen molar-refractivity contribution in [3.63, 3.8) is 0 Å². The van der Waals surface area contributed by atoms with Crippen LogP contribution in [0.5, 0.6) is 0 Å². The molecule has 2 aromatic heterocycles. The van der Waals surface area contributed by atoms with Crippen LogP contribution in [0.1, 0.15) is 0 Å². The van der Waals surface area contributed by atoms with Gasteiger partial charge in [0.05, 0.1) is 25.5 Å². The van der Waals surface area contributed by atoms with Gasteiger partial charge in [-0.3, -0.25) is 0 Å².